The highest BCUT2D eigenvalue weighted by atomic mass is 35.5. The van der Waals surface area contributed by atoms with Crippen LogP contribution < -0.4 is 0 Å². The lowest BCUT2D eigenvalue weighted by molar-refractivity contribution is -0.142. The van der Waals surface area contributed by atoms with E-state index in [1.165, 1.54) is 7.11 Å². The van der Waals surface area contributed by atoms with Crippen molar-refractivity contribution >= 4 is 35.1 Å². The van der Waals surface area contributed by atoms with Crippen molar-refractivity contribution in [1.29, 1.82) is 0 Å². The van der Waals surface area contributed by atoms with E-state index in [0.29, 0.717) is 22.4 Å². The number of aromatic nitrogens is 1. The summed E-state index contributed by atoms with van der Waals surface area (Å²) in [6.45, 7) is 0.626. The number of amides is 1. The molecule has 0 spiro atoms. The molecular weight excluding hydrogens is 315 g/mol. The lowest BCUT2D eigenvalue weighted by Crippen LogP contribution is -2.45. The minimum Gasteiger partial charge on any atom is -0.469 e. The van der Waals surface area contributed by atoms with Gasteiger partial charge in [0.25, 0.3) is 5.91 Å². The molecule has 2 rings (SSSR count). The largest absolute Gasteiger partial charge is 0.469 e. The summed E-state index contributed by atoms with van der Waals surface area (Å²) in [5.74, 6) is -0.456. The third kappa shape index (κ3) is 3.35. The van der Waals surface area contributed by atoms with Gasteiger partial charge < -0.3 is 14.2 Å². The number of likely N-dealkylation sites (tertiary alicyclic amines) is 1. The van der Waals surface area contributed by atoms with E-state index in [2.05, 4.69) is 0 Å². The molecule has 1 amide bonds. The number of halogens is 2. The number of ether oxygens (including phenoxy) is 1. The summed E-state index contributed by atoms with van der Waals surface area (Å²) in [6.07, 6.45) is 2.94. The molecule has 116 valence electrons. The van der Waals surface area contributed by atoms with Crippen LogP contribution in [0.2, 0.25) is 10.2 Å². The van der Waals surface area contributed by atoms with Crippen LogP contribution in [0.4, 0.5) is 0 Å². The highest BCUT2D eigenvalue weighted by Crippen LogP contribution is 2.28. The second kappa shape index (κ2) is 6.71. The van der Waals surface area contributed by atoms with Crippen molar-refractivity contribution in [3.05, 3.63) is 21.9 Å². The maximum absolute atomic E-state index is 12.7. The Balaban J connectivity index is 2.22. The second-order valence-electron chi connectivity index (χ2n) is 5.16. The molecule has 1 aromatic heterocycles. The maximum Gasteiger partial charge on any atom is 0.307 e. The number of nitrogens with zero attached hydrogens (tertiary/aromatic N) is 2. The number of hydrogen-bond acceptors (Lipinski definition) is 3. The first-order valence-electron chi connectivity index (χ1n) is 6.84. The van der Waals surface area contributed by atoms with E-state index in [1.54, 1.807) is 22.6 Å². The Kier molecular flexibility index (Phi) is 5.17. The molecule has 0 aromatic carbocycles. The molecule has 1 aliphatic rings. The van der Waals surface area contributed by atoms with Crippen molar-refractivity contribution in [2.24, 2.45) is 7.05 Å². The minimum absolute atomic E-state index is 0.133. The Labute approximate surface area is 133 Å². The lowest BCUT2D eigenvalue weighted by atomic mass is 9.99. The molecule has 1 unspecified atom stereocenters. The van der Waals surface area contributed by atoms with Gasteiger partial charge in [0.2, 0.25) is 0 Å². The number of methoxy groups -OCH3 is 1. The maximum atomic E-state index is 12.7. The Bertz CT molecular complexity index is 557. The first kappa shape index (κ1) is 16.2. The SMILES string of the molecule is COC(=O)CC1CCCCN1C(=O)c1cc(Cl)c(Cl)n1C. The minimum atomic E-state index is -0.303. The van der Waals surface area contributed by atoms with Gasteiger partial charge in [0.1, 0.15) is 10.8 Å². The average molecular weight is 333 g/mol. The number of rotatable bonds is 3. The zero-order chi connectivity index (χ0) is 15.6. The van der Waals surface area contributed by atoms with Crippen LogP contribution in [0.1, 0.15) is 36.2 Å². The van der Waals surface area contributed by atoms with Gasteiger partial charge in [-0.05, 0) is 25.3 Å². The van der Waals surface area contributed by atoms with E-state index in [9.17, 15) is 9.59 Å². The Morgan fingerprint density at radius 2 is 2.10 bits per heavy atom. The van der Waals surface area contributed by atoms with E-state index in [0.717, 1.165) is 19.3 Å². The molecule has 0 aliphatic carbocycles. The summed E-state index contributed by atoms with van der Waals surface area (Å²) in [6, 6.07) is 1.43. The molecule has 1 aromatic rings. The normalized spacial score (nSPS) is 18.7. The zero-order valence-electron chi connectivity index (χ0n) is 12.1. The van der Waals surface area contributed by atoms with Gasteiger partial charge >= 0.3 is 5.97 Å². The van der Waals surface area contributed by atoms with Crippen LogP contribution in [0, 0.1) is 0 Å². The summed E-state index contributed by atoms with van der Waals surface area (Å²) in [7, 11) is 3.05. The molecular formula is C14H18Cl2N2O3. The van der Waals surface area contributed by atoms with Gasteiger partial charge in [-0.25, -0.2) is 0 Å². The first-order valence-corrected chi connectivity index (χ1v) is 7.59. The molecule has 2 heterocycles. The predicted molar refractivity (Wildman–Crippen MR) is 80.7 cm³/mol. The standard InChI is InChI=1S/C14H18Cl2N2O3/c1-17-11(8-10(15)13(17)16)14(20)18-6-4-3-5-9(18)7-12(19)21-2/h8-9H,3-7H2,1-2H3. The van der Waals surface area contributed by atoms with E-state index >= 15 is 0 Å². The van der Waals surface area contributed by atoms with Crippen LogP contribution in [-0.4, -0.2) is 41.0 Å². The number of esters is 1. The van der Waals surface area contributed by atoms with Crippen LogP contribution in [-0.2, 0) is 16.6 Å². The Hall–Kier alpha value is -1.20. The van der Waals surface area contributed by atoms with Crippen LogP contribution in [0.5, 0.6) is 0 Å². The molecule has 1 aliphatic heterocycles. The van der Waals surface area contributed by atoms with Gasteiger partial charge in [-0.1, -0.05) is 23.2 Å². The molecule has 7 heteroatoms. The summed E-state index contributed by atoms with van der Waals surface area (Å²) in [5.41, 5.74) is 0.432. The Morgan fingerprint density at radius 3 is 2.67 bits per heavy atom. The molecule has 0 bridgehead atoms. The van der Waals surface area contributed by atoms with Crippen molar-refractivity contribution in [2.45, 2.75) is 31.7 Å². The van der Waals surface area contributed by atoms with Crippen LogP contribution in [0.15, 0.2) is 6.07 Å². The zero-order valence-corrected chi connectivity index (χ0v) is 13.6. The van der Waals surface area contributed by atoms with Crippen molar-refractivity contribution in [1.82, 2.24) is 9.47 Å². The predicted octanol–water partition coefficient (Wildman–Crippen LogP) is 2.89. The van der Waals surface area contributed by atoms with Crippen molar-refractivity contribution in [3.8, 4) is 0 Å². The molecule has 21 heavy (non-hydrogen) atoms. The summed E-state index contributed by atoms with van der Waals surface area (Å²) in [5, 5.41) is 0.686. The van der Waals surface area contributed by atoms with E-state index < -0.39 is 0 Å². The Morgan fingerprint density at radius 1 is 1.38 bits per heavy atom. The van der Waals surface area contributed by atoms with Crippen LogP contribution in [0.3, 0.4) is 0 Å². The summed E-state index contributed by atoms with van der Waals surface area (Å²) in [4.78, 5) is 25.9. The van der Waals surface area contributed by atoms with Crippen molar-refractivity contribution in [2.75, 3.05) is 13.7 Å². The summed E-state index contributed by atoms with van der Waals surface area (Å²) >= 11 is 12.0. The fourth-order valence-corrected chi connectivity index (χ4v) is 3.03. The van der Waals surface area contributed by atoms with Gasteiger partial charge in [0, 0.05) is 19.6 Å². The fourth-order valence-electron chi connectivity index (χ4n) is 2.65. The fraction of sp³-hybridized carbons (Fsp3) is 0.571. The topological polar surface area (TPSA) is 51.5 Å². The van der Waals surface area contributed by atoms with Gasteiger partial charge in [-0.2, -0.15) is 0 Å². The third-order valence-corrected chi connectivity index (χ3v) is 4.70. The second-order valence-corrected chi connectivity index (χ2v) is 5.92. The van der Waals surface area contributed by atoms with E-state index in [4.69, 9.17) is 27.9 Å². The smallest absolute Gasteiger partial charge is 0.307 e. The third-order valence-electron chi connectivity index (χ3n) is 3.85. The van der Waals surface area contributed by atoms with Crippen LogP contribution in [0.25, 0.3) is 0 Å². The highest BCUT2D eigenvalue weighted by molar-refractivity contribution is 6.41. The van der Waals surface area contributed by atoms with Crippen molar-refractivity contribution < 1.29 is 14.3 Å². The van der Waals surface area contributed by atoms with E-state index in [1.807, 2.05) is 0 Å². The van der Waals surface area contributed by atoms with Gasteiger partial charge in [-0.3, -0.25) is 9.59 Å². The molecule has 0 radical (unpaired) electrons. The molecule has 0 N–H and O–H groups in total. The van der Waals surface area contributed by atoms with Gasteiger partial charge in [0.15, 0.2) is 0 Å². The average Bonchev–Trinajstić information content (AvgIpc) is 2.74. The number of carbonyl (C=O) groups is 2. The monoisotopic (exact) mass is 332 g/mol. The first-order chi connectivity index (χ1) is 9.95. The number of piperidine rings is 1. The summed E-state index contributed by atoms with van der Waals surface area (Å²) < 4.78 is 6.27. The highest BCUT2D eigenvalue weighted by Gasteiger charge is 2.31. The molecule has 1 saturated heterocycles. The lowest BCUT2D eigenvalue weighted by Gasteiger charge is -2.35. The number of carbonyl (C=O) groups excluding carboxylic acids is 2. The number of hydrogen-bond donors (Lipinski definition) is 0. The molecule has 1 atom stereocenters. The molecule has 1 fully saturated rings. The van der Waals surface area contributed by atoms with Crippen molar-refractivity contribution in [3.63, 3.8) is 0 Å². The van der Waals surface area contributed by atoms with Crippen LogP contribution >= 0.6 is 23.2 Å². The van der Waals surface area contributed by atoms with Gasteiger partial charge in [0.05, 0.1) is 18.6 Å². The van der Waals surface area contributed by atoms with E-state index in [-0.39, 0.29) is 24.3 Å². The molecule has 0 saturated carbocycles. The quantitative estimate of drug-likeness (QED) is 0.799. The molecule has 5 nitrogen and oxygen atoms in total. The van der Waals surface area contributed by atoms with Gasteiger partial charge in [-0.15, -0.1) is 0 Å².